The van der Waals surface area contributed by atoms with Crippen molar-refractivity contribution in [2.24, 2.45) is 0 Å². The molecule has 1 aromatic carbocycles. The Morgan fingerprint density at radius 2 is 1.94 bits per heavy atom. The number of hydrogen-bond acceptors (Lipinski definition) is 7. The number of nitrogens with zero attached hydrogens (tertiary/aromatic N) is 5. The molecule has 0 radical (unpaired) electrons. The van der Waals surface area contributed by atoms with Crippen LogP contribution < -0.4 is 10.8 Å². The first kappa shape index (κ1) is 23.0. The van der Waals surface area contributed by atoms with Gasteiger partial charge >= 0.3 is 5.97 Å². The molecule has 35 heavy (non-hydrogen) atoms. The molecule has 0 amide bonds. The highest BCUT2D eigenvalue weighted by molar-refractivity contribution is 6.36. The lowest BCUT2D eigenvalue weighted by Crippen LogP contribution is -2.32. The third-order valence-corrected chi connectivity index (χ3v) is 6.65. The molecule has 0 unspecified atom stereocenters. The van der Waals surface area contributed by atoms with Crippen molar-refractivity contribution in [2.75, 3.05) is 25.5 Å². The van der Waals surface area contributed by atoms with Crippen LogP contribution in [-0.2, 0) is 17.8 Å². The molecule has 1 saturated heterocycles. The largest absolute Gasteiger partial charge is 0.465 e. The van der Waals surface area contributed by atoms with Crippen LogP contribution in [0.2, 0.25) is 0 Å². The average Bonchev–Trinajstić information content (AvgIpc) is 3.29. The lowest BCUT2D eigenvalue weighted by molar-refractivity contribution is 0.0600. The van der Waals surface area contributed by atoms with Crippen molar-refractivity contribution >= 4 is 30.7 Å². The summed E-state index contributed by atoms with van der Waals surface area (Å²) in [6.07, 6.45) is 7.64. The number of carbonyl (C=O) groups is 1. The number of piperidine rings is 1. The van der Waals surface area contributed by atoms with Gasteiger partial charge in [-0.3, -0.25) is 9.88 Å². The molecule has 0 aliphatic carbocycles. The Morgan fingerprint density at radius 1 is 1.14 bits per heavy atom. The van der Waals surface area contributed by atoms with E-state index in [4.69, 9.17) is 9.72 Å². The number of rotatable bonds is 7. The fourth-order valence-corrected chi connectivity index (χ4v) is 4.63. The van der Waals surface area contributed by atoms with E-state index in [2.05, 4.69) is 40.3 Å². The number of hydrogen-bond donors (Lipinski definition) is 1. The summed E-state index contributed by atoms with van der Waals surface area (Å²) >= 11 is 0. The summed E-state index contributed by atoms with van der Waals surface area (Å²) in [5.74, 6) is 1.06. The minimum atomic E-state index is -0.301. The van der Waals surface area contributed by atoms with E-state index in [1.807, 2.05) is 47.2 Å². The molecule has 4 heterocycles. The topological polar surface area (TPSA) is 84.7 Å². The molecular formula is C26H29BN6O2. The summed E-state index contributed by atoms with van der Waals surface area (Å²) in [4.78, 5) is 23.3. The molecule has 0 spiro atoms. The molecule has 3 aromatic heterocycles. The fraction of sp³-hybridized carbons (Fsp3) is 0.308. The lowest BCUT2D eigenvalue weighted by Gasteiger charge is -2.32. The zero-order valence-electron chi connectivity index (χ0n) is 20.1. The molecule has 5 rings (SSSR count). The minimum absolute atomic E-state index is 0.301. The summed E-state index contributed by atoms with van der Waals surface area (Å²) in [6.45, 7) is 3.57. The third-order valence-electron chi connectivity index (χ3n) is 6.65. The van der Waals surface area contributed by atoms with Gasteiger partial charge in [0.05, 0.1) is 12.7 Å². The normalized spacial score (nSPS) is 14.8. The van der Waals surface area contributed by atoms with Crippen LogP contribution in [0.4, 0.5) is 5.82 Å². The number of fused-ring (bicyclic) bond motifs is 1. The van der Waals surface area contributed by atoms with Crippen molar-refractivity contribution in [1.29, 1.82) is 0 Å². The molecule has 0 bridgehead atoms. The van der Waals surface area contributed by atoms with Gasteiger partial charge in [-0.2, -0.15) is 9.61 Å². The maximum absolute atomic E-state index is 11.7. The molecule has 9 heteroatoms. The first-order chi connectivity index (χ1) is 17.1. The van der Waals surface area contributed by atoms with Gasteiger partial charge < -0.3 is 10.1 Å². The van der Waals surface area contributed by atoms with Crippen LogP contribution in [0.1, 0.15) is 45.9 Å². The van der Waals surface area contributed by atoms with E-state index in [-0.39, 0.29) is 5.97 Å². The molecule has 4 aromatic rings. The Kier molecular flexibility index (Phi) is 6.76. The number of aromatic nitrogens is 4. The number of benzene rings is 1. The number of esters is 1. The van der Waals surface area contributed by atoms with E-state index in [1.165, 1.54) is 12.7 Å². The van der Waals surface area contributed by atoms with Gasteiger partial charge in [-0.05, 0) is 60.7 Å². The highest BCUT2D eigenvalue weighted by Crippen LogP contribution is 2.29. The van der Waals surface area contributed by atoms with E-state index in [0.717, 1.165) is 60.7 Å². The standard InChI is InChI=1S/C26H29BN6O2/c1-35-26(34)21-6-4-18(5-7-21)17-32-11-8-20(9-12-32)23-13-24(29-15-19-3-2-10-28-14-19)33-25(31-23)22(27)16-30-33/h2-7,10,13-14,16,20,29H,8-9,11-12,15,17,27H2,1H3. The predicted molar refractivity (Wildman–Crippen MR) is 138 cm³/mol. The maximum atomic E-state index is 11.7. The molecule has 1 N–H and O–H groups in total. The zero-order chi connectivity index (χ0) is 24.2. The van der Waals surface area contributed by atoms with Crippen molar-refractivity contribution in [3.05, 3.63) is 83.4 Å². The van der Waals surface area contributed by atoms with Gasteiger partial charge in [-0.25, -0.2) is 9.78 Å². The second kappa shape index (κ2) is 10.3. The van der Waals surface area contributed by atoms with Crippen molar-refractivity contribution in [3.63, 3.8) is 0 Å². The molecule has 178 valence electrons. The van der Waals surface area contributed by atoms with Gasteiger partial charge in [-0.1, -0.05) is 18.2 Å². The predicted octanol–water partition coefficient (Wildman–Crippen LogP) is 2.16. The van der Waals surface area contributed by atoms with Crippen molar-refractivity contribution in [3.8, 4) is 0 Å². The first-order valence-electron chi connectivity index (χ1n) is 12.0. The van der Waals surface area contributed by atoms with Gasteiger partial charge in [0.2, 0.25) is 0 Å². The average molecular weight is 468 g/mol. The van der Waals surface area contributed by atoms with Crippen LogP contribution >= 0.6 is 0 Å². The van der Waals surface area contributed by atoms with E-state index in [0.29, 0.717) is 18.0 Å². The van der Waals surface area contributed by atoms with Crippen LogP contribution in [0.3, 0.4) is 0 Å². The summed E-state index contributed by atoms with van der Waals surface area (Å²) in [6, 6.07) is 13.9. The highest BCUT2D eigenvalue weighted by atomic mass is 16.5. The van der Waals surface area contributed by atoms with E-state index < -0.39 is 0 Å². The number of methoxy groups -OCH3 is 1. The highest BCUT2D eigenvalue weighted by Gasteiger charge is 2.23. The summed E-state index contributed by atoms with van der Waals surface area (Å²) in [5, 5.41) is 8.07. The number of anilines is 1. The SMILES string of the molecule is Bc1cnn2c(NCc3cccnc3)cc(C3CCN(Cc4ccc(C(=O)OC)cc4)CC3)nc12. The molecular weight excluding hydrogens is 439 g/mol. The Hall–Kier alpha value is -3.72. The van der Waals surface area contributed by atoms with E-state index >= 15 is 0 Å². The van der Waals surface area contributed by atoms with Gasteiger partial charge in [0, 0.05) is 49.4 Å². The van der Waals surface area contributed by atoms with Crippen LogP contribution in [-0.4, -0.2) is 58.5 Å². The molecule has 8 nitrogen and oxygen atoms in total. The molecule has 1 fully saturated rings. The lowest BCUT2D eigenvalue weighted by atomic mass is 9.92. The van der Waals surface area contributed by atoms with Crippen LogP contribution in [0.25, 0.3) is 5.65 Å². The first-order valence-corrected chi connectivity index (χ1v) is 12.0. The monoisotopic (exact) mass is 468 g/mol. The van der Waals surface area contributed by atoms with Crippen LogP contribution in [0, 0.1) is 0 Å². The quantitative estimate of drug-likeness (QED) is 0.329. The van der Waals surface area contributed by atoms with Crippen LogP contribution in [0.15, 0.2) is 61.1 Å². The number of carbonyl (C=O) groups excluding carboxylic acids is 1. The second-order valence-electron chi connectivity index (χ2n) is 9.08. The summed E-state index contributed by atoms with van der Waals surface area (Å²) < 4.78 is 6.68. The minimum Gasteiger partial charge on any atom is -0.465 e. The van der Waals surface area contributed by atoms with Crippen molar-refractivity contribution < 1.29 is 9.53 Å². The Bertz CT molecular complexity index is 1300. The van der Waals surface area contributed by atoms with Gasteiger partial charge in [-0.15, -0.1) is 0 Å². The van der Waals surface area contributed by atoms with Gasteiger partial charge in [0.15, 0.2) is 5.65 Å². The van der Waals surface area contributed by atoms with Gasteiger partial charge in [0.25, 0.3) is 0 Å². The summed E-state index contributed by atoms with van der Waals surface area (Å²) in [5.41, 5.74) is 6.01. The Morgan fingerprint density at radius 3 is 2.66 bits per heavy atom. The number of ether oxygens (including phenoxy) is 1. The zero-order valence-corrected chi connectivity index (χ0v) is 20.1. The maximum Gasteiger partial charge on any atom is 0.337 e. The fourth-order valence-electron chi connectivity index (χ4n) is 4.63. The smallest absolute Gasteiger partial charge is 0.337 e. The molecule has 1 aliphatic rings. The van der Waals surface area contributed by atoms with E-state index in [1.54, 1.807) is 6.20 Å². The van der Waals surface area contributed by atoms with Crippen molar-refractivity contribution in [1.82, 2.24) is 24.5 Å². The number of nitrogens with one attached hydrogen (secondary N) is 1. The number of likely N-dealkylation sites (tertiary alicyclic amines) is 1. The Labute approximate surface area is 205 Å². The third kappa shape index (κ3) is 5.20. The second-order valence-corrected chi connectivity index (χ2v) is 9.08. The van der Waals surface area contributed by atoms with E-state index in [9.17, 15) is 4.79 Å². The summed E-state index contributed by atoms with van der Waals surface area (Å²) in [7, 11) is 3.46. The van der Waals surface area contributed by atoms with Crippen molar-refractivity contribution in [2.45, 2.75) is 31.8 Å². The molecule has 0 saturated carbocycles. The number of pyridine rings is 1. The van der Waals surface area contributed by atoms with Gasteiger partial charge in [0.1, 0.15) is 13.7 Å². The van der Waals surface area contributed by atoms with Crippen LogP contribution in [0.5, 0.6) is 0 Å². The molecule has 1 aliphatic heterocycles. The molecule has 0 atom stereocenters. The Balaban J connectivity index is 1.26.